The Bertz CT molecular complexity index is 496. The lowest BCUT2D eigenvalue weighted by Crippen LogP contribution is -2.51. The molecule has 5 heteroatoms. The van der Waals surface area contributed by atoms with E-state index in [4.69, 9.17) is 4.42 Å². The molecule has 0 spiro atoms. The number of benzene rings is 1. The summed E-state index contributed by atoms with van der Waals surface area (Å²) in [4.78, 5) is 0. The monoisotopic (exact) mass is 262 g/mol. The molecule has 18 heavy (non-hydrogen) atoms. The molecule has 0 aliphatic carbocycles. The molecule has 94 valence electrons. The van der Waals surface area contributed by atoms with Gasteiger partial charge in [-0.1, -0.05) is 54.2 Å². The summed E-state index contributed by atoms with van der Waals surface area (Å²) in [5.41, 5.74) is 4.95. The van der Waals surface area contributed by atoms with Crippen LogP contribution in [0.3, 0.4) is 0 Å². The Kier molecular flexibility index (Phi) is 4.99. The second-order valence-electron chi connectivity index (χ2n) is 3.69. The van der Waals surface area contributed by atoms with E-state index >= 15 is 0 Å². The maximum atomic E-state index is 5.44. The molecule has 1 heterocycles. The lowest BCUT2D eigenvalue weighted by atomic mass is 10.2. The number of quaternary nitrogens is 1. The minimum atomic E-state index is 0.621. The van der Waals surface area contributed by atoms with Crippen LogP contribution in [0.5, 0.6) is 0 Å². The van der Waals surface area contributed by atoms with Gasteiger partial charge in [-0.3, -0.25) is 0 Å². The fourth-order valence-corrected chi connectivity index (χ4v) is 2.01. The standard InChI is InChI=1S/C13H15N3OS/c14-9-8-12-15-16-13(17-12)18-10-4-7-11-5-2-1-3-6-11/h1-7H,8-10,14H2/p+1. The molecule has 0 aliphatic heterocycles. The molecule has 0 amide bonds. The van der Waals surface area contributed by atoms with Gasteiger partial charge >= 0.3 is 0 Å². The molecule has 1 aromatic heterocycles. The van der Waals surface area contributed by atoms with E-state index in [9.17, 15) is 0 Å². The third-order valence-corrected chi connectivity index (χ3v) is 3.02. The van der Waals surface area contributed by atoms with Gasteiger partial charge in [0.1, 0.15) is 0 Å². The van der Waals surface area contributed by atoms with Crippen LogP contribution in [0.1, 0.15) is 11.5 Å². The number of hydrogen-bond acceptors (Lipinski definition) is 4. The fourth-order valence-electron chi connectivity index (χ4n) is 1.42. The third-order valence-electron chi connectivity index (χ3n) is 2.25. The molecule has 2 aromatic rings. The van der Waals surface area contributed by atoms with Gasteiger partial charge in [0.15, 0.2) is 0 Å². The molecule has 0 radical (unpaired) electrons. The summed E-state index contributed by atoms with van der Waals surface area (Å²) in [7, 11) is 0. The summed E-state index contributed by atoms with van der Waals surface area (Å²) >= 11 is 1.54. The zero-order valence-corrected chi connectivity index (χ0v) is 10.9. The SMILES string of the molecule is [NH3+]CCc1nnc(SCC=Cc2ccccc2)o1. The Hall–Kier alpha value is -1.59. The van der Waals surface area contributed by atoms with Crippen molar-refractivity contribution in [1.29, 1.82) is 0 Å². The summed E-state index contributed by atoms with van der Waals surface area (Å²) in [6.07, 6.45) is 4.92. The maximum Gasteiger partial charge on any atom is 0.276 e. The first-order valence-electron chi connectivity index (χ1n) is 5.84. The zero-order chi connectivity index (χ0) is 12.6. The van der Waals surface area contributed by atoms with Gasteiger partial charge in [-0.25, -0.2) is 0 Å². The van der Waals surface area contributed by atoms with Crippen molar-refractivity contribution < 1.29 is 10.2 Å². The summed E-state index contributed by atoms with van der Waals surface area (Å²) in [6, 6.07) is 10.2. The Morgan fingerprint density at radius 2 is 2.06 bits per heavy atom. The smallest absolute Gasteiger partial charge is 0.276 e. The van der Waals surface area contributed by atoms with Crippen molar-refractivity contribution in [2.24, 2.45) is 0 Å². The lowest BCUT2D eigenvalue weighted by molar-refractivity contribution is -0.367. The van der Waals surface area contributed by atoms with Crippen LogP contribution in [0, 0.1) is 0 Å². The first-order valence-corrected chi connectivity index (χ1v) is 6.83. The van der Waals surface area contributed by atoms with Gasteiger partial charge in [0.2, 0.25) is 5.89 Å². The van der Waals surface area contributed by atoms with Crippen LogP contribution in [-0.2, 0) is 6.42 Å². The number of aromatic nitrogens is 2. The molecule has 4 nitrogen and oxygen atoms in total. The Labute approximate surface area is 110 Å². The van der Waals surface area contributed by atoms with Crippen LogP contribution in [0.15, 0.2) is 46.0 Å². The fraction of sp³-hybridized carbons (Fsp3) is 0.231. The number of thioether (sulfide) groups is 1. The lowest BCUT2D eigenvalue weighted by Gasteiger charge is -1.91. The summed E-state index contributed by atoms with van der Waals surface area (Å²) in [5.74, 6) is 1.49. The van der Waals surface area contributed by atoms with E-state index in [0.717, 1.165) is 18.7 Å². The van der Waals surface area contributed by atoms with E-state index in [2.05, 4.69) is 40.2 Å². The first-order chi connectivity index (χ1) is 8.88. The first kappa shape index (κ1) is 12.9. The highest BCUT2D eigenvalue weighted by molar-refractivity contribution is 7.99. The van der Waals surface area contributed by atoms with Gasteiger partial charge in [0, 0.05) is 5.75 Å². The molecule has 0 unspecified atom stereocenters. The van der Waals surface area contributed by atoms with Crippen LogP contribution in [0.4, 0.5) is 0 Å². The molecule has 0 bridgehead atoms. The van der Waals surface area contributed by atoms with Gasteiger partial charge in [-0.2, -0.15) is 0 Å². The number of nitrogens with zero attached hydrogens (tertiary/aromatic N) is 2. The van der Waals surface area contributed by atoms with Crippen molar-refractivity contribution >= 4 is 17.8 Å². The Balaban J connectivity index is 1.79. The zero-order valence-electron chi connectivity index (χ0n) is 10.1. The van der Waals surface area contributed by atoms with Crippen molar-refractivity contribution in [2.45, 2.75) is 11.6 Å². The minimum Gasteiger partial charge on any atom is -0.416 e. The second kappa shape index (κ2) is 6.98. The quantitative estimate of drug-likeness (QED) is 0.804. The minimum absolute atomic E-state index is 0.621. The van der Waals surface area contributed by atoms with Gasteiger partial charge in [-0.05, 0) is 5.56 Å². The van der Waals surface area contributed by atoms with E-state index in [1.54, 1.807) is 0 Å². The van der Waals surface area contributed by atoms with Crippen molar-refractivity contribution in [2.75, 3.05) is 12.3 Å². The molecular weight excluding hydrogens is 246 g/mol. The molecule has 0 saturated heterocycles. The predicted molar refractivity (Wildman–Crippen MR) is 72.0 cm³/mol. The van der Waals surface area contributed by atoms with E-state index < -0.39 is 0 Å². The molecule has 0 fully saturated rings. The molecule has 0 saturated carbocycles. The van der Waals surface area contributed by atoms with Crippen molar-refractivity contribution in [3.05, 3.63) is 47.9 Å². The molecule has 0 aliphatic rings. The second-order valence-corrected chi connectivity index (χ2v) is 4.66. The third kappa shape index (κ3) is 4.01. The molecule has 0 atom stereocenters. The van der Waals surface area contributed by atoms with Crippen molar-refractivity contribution in [1.82, 2.24) is 10.2 Å². The number of hydrogen-bond donors (Lipinski definition) is 1. The van der Waals surface area contributed by atoms with Gasteiger partial charge in [0.25, 0.3) is 5.22 Å². The number of rotatable bonds is 6. The van der Waals surface area contributed by atoms with E-state index in [0.29, 0.717) is 11.1 Å². The highest BCUT2D eigenvalue weighted by Gasteiger charge is 2.04. The summed E-state index contributed by atoms with van der Waals surface area (Å²) in [6.45, 7) is 0.778. The highest BCUT2D eigenvalue weighted by atomic mass is 32.2. The highest BCUT2D eigenvalue weighted by Crippen LogP contribution is 2.16. The van der Waals surface area contributed by atoms with Crippen LogP contribution in [0.25, 0.3) is 6.08 Å². The van der Waals surface area contributed by atoms with Crippen LogP contribution in [-0.4, -0.2) is 22.5 Å². The van der Waals surface area contributed by atoms with E-state index in [1.807, 2.05) is 18.2 Å². The largest absolute Gasteiger partial charge is 0.416 e. The summed E-state index contributed by atoms with van der Waals surface area (Å²) < 4.78 is 5.44. The average Bonchev–Trinajstić information content (AvgIpc) is 2.84. The predicted octanol–water partition coefficient (Wildman–Crippen LogP) is 1.66. The molecular formula is C13H16N3OS+. The van der Waals surface area contributed by atoms with E-state index in [1.165, 1.54) is 17.3 Å². The van der Waals surface area contributed by atoms with Gasteiger partial charge in [-0.15, -0.1) is 10.2 Å². The van der Waals surface area contributed by atoms with Gasteiger partial charge < -0.3 is 10.2 Å². The van der Waals surface area contributed by atoms with Crippen LogP contribution in [0.2, 0.25) is 0 Å². The molecule has 3 N–H and O–H groups in total. The van der Waals surface area contributed by atoms with Crippen LogP contribution >= 0.6 is 11.8 Å². The molecule has 2 rings (SSSR count). The average molecular weight is 262 g/mol. The van der Waals surface area contributed by atoms with Crippen LogP contribution < -0.4 is 5.73 Å². The Morgan fingerprint density at radius 3 is 2.83 bits per heavy atom. The summed E-state index contributed by atoms with van der Waals surface area (Å²) in [5, 5.41) is 8.53. The normalized spacial score (nSPS) is 11.2. The van der Waals surface area contributed by atoms with Crippen molar-refractivity contribution in [3.8, 4) is 0 Å². The molecule has 1 aromatic carbocycles. The maximum absolute atomic E-state index is 5.44. The van der Waals surface area contributed by atoms with E-state index in [-0.39, 0.29) is 0 Å². The van der Waals surface area contributed by atoms with Gasteiger partial charge in [0.05, 0.1) is 13.0 Å². The topological polar surface area (TPSA) is 66.6 Å². The van der Waals surface area contributed by atoms with Crippen molar-refractivity contribution in [3.63, 3.8) is 0 Å². The Morgan fingerprint density at radius 1 is 1.22 bits per heavy atom.